The Bertz CT molecular complexity index is 709. The largest absolute Gasteiger partial charge is 0.491 e. The van der Waals surface area contributed by atoms with Crippen LogP contribution in [0.2, 0.25) is 5.02 Å². The molecule has 2 rings (SSSR count). The molecule has 0 bridgehead atoms. The Balaban J connectivity index is 2.57. The highest BCUT2D eigenvalue weighted by Crippen LogP contribution is 2.37. The first-order valence-electron chi connectivity index (χ1n) is 7.63. The molecule has 0 fully saturated rings. The number of hydrogen-bond donors (Lipinski definition) is 0. The van der Waals surface area contributed by atoms with Crippen LogP contribution in [0.15, 0.2) is 42.5 Å². The minimum absolute atomic E-state index is 0.331. The van der Waals surface area contributed by atoms with Crippen molar-refractivity contribution < 1.29 is 14.3 Å². The fourth-order valence-corrected chi connectivity index (χ4v) is 2.59. The highest BCUT2D eigenvalue weighted by atomic mass is 79.9. The SMILES string of the molecule is CC(C)(C)OC(=O)c1cc(Cl)cc(-c2ccccc2)c1OCCBr. The van der Waals surface area contributed by atoms with Crippen molar-refractivity contribution in [3.8, 4) is 16.9 Å². The van der Waals surface area contributed by atoms with Gasteiger partial charge in [0.2, 0.25) is 0 Å². The van der Waals surface area contributed by atoms with E-state index in [0.717, 1.165) is 11.1 Å². The molecule has 0 saturated carbocycles. The summed E-state index contributed by atoms with van der Waals surface area (Å²) in [5.74, 6) is 0.0334. The van der Waals surface area contributed by atoms with Gasteiger partial charge in [-0.2, -0.15) is 0 Å². The Morgan fingerprint density at radius 3 is 2.42 bits per heavy atom. The van der Waals surface area contributed by atoms with E-state index in [2.05, 4.69) is 15.9 Å². The lowest BCUT2D eigenvalue weighted by Crippen LogP contribution is -2.24. The zero-order valence-electron chi connectivity index (χ0n) is 13.9. The minimum atomic E-state index is -0.598. The number of ether oxygens (including phenoxy) is 2. The van der Waals surface area contributed by atoms with E-state index < -0.39 is 11.6 Å². The molecule has 5 heteroatoms. The third kappa shape index (κ3) is 4.99. The molecule has 2 aromatic rings. The molecule has 0 aliphatic carbocycles. The number of carbonyl (C=O) groups excluding carboxylic acids is 1. The van der Waals surface area contributed by atoms with E-state index in [-0.39, 0.29) is 0 Å². The van der Waals surface area contributed by atoms with Crippen LogP contribution in [0, 0.1) is 0 Å². The lowest BCUT2D eigenvalue weighted by molar-refractivity contribution is 0.00661. The Morgan fingerprint density at radius 2 is 1.83 bits per heavy atom. The second-order valence-corrected chi connectivity index (χ2v) is 7.46. The summed E-state index contributed by atoms with van der Waals surface area (Å²) in [6, 6.07) is 13.1. The minimum Gasteiger partial charge on any atom is -0.491 e. The van der Waals surface area contributed by atoms with Crippen molar-refractivity contribution in [3.63, 3.8) is 0 Å². The number of carbonyl (C=O) groups is 1. The van der Waals surface area contributed by atoms with E-state index >= 15 is 0 Å². The maximum Gasteiger partial charge on any atom is 0.342 e. The highest BCUT2D eigenvalue weighted by Gasteiger charge is 2.24. The molecule has 2 aromatic carbocycles. The number of rotatable bonds is 5. The van der Waals surface area contributed by atoms with Gasteiger partial charge in [0.05, 0.1) is 6.61 Å². The van der Waals surface area contributed by atoms with Gasteiger partial charge in [-0.3, -0.25) is 0 Å². The van der Waals surface area contributed by atoms with Crippen molar-refractivity contribution in [1.82, 2.24) is 0 Å². The maximum atomic E-state index is 12.6. The van der Waals surface area contributed by atoms with E-state index in [9.17, 15) is 4.79 Å². The molecule has 0 amide bonds. The smallest absolute Gasteiger partial charge is 0.342 e. The lowest BCUT2D eigenvalue weighted by Gasteiger charge is -2.22. The van der Waals surface area contributed by atoms with E-state index in [0.29, 0.717) is 28.3 Å². The van der Waals surface area contributed by atoms with Crippen LogP contribution in [-0.2, 0) is 4.74 Å². The van der Waals surface area contributed by atoms with E-state index in [1.165, 1.54) is 0 Å². The third-order valence-corrected chi connectivity index (χ3v) is 3.62. The Hall–Kier alpha value is -1.52. The van der Waals surface area contributed by atoms with Crippen LogP contribution in [0.3, 0.4) is 0 Å². The van der Waals surface area contributed by atoms with Gasteiger partial charge in [0.25, 0.3) is 0 Å². The van der Waals surface area contributed by atoms with Crippen molar-refractivity contribution in [2.24, 2.45) is 0 Å². The molecule has 0 N–H and O–H groups in total. The number of hydrogen-bond acceptors (Lipinski definition) is 3. The third-order valence-electron chi connectivity index (χ3n) is 3.08. The number of alkyl halides is 1. The summed E-state index contributed by atoms with van der Waals surface area (Å²) < 4.78 is 11.4. The summed E-state index contributed by atoms with van der Waals surface area (Å²) in [6.45, 7) is 5.91. The first-order valence-corrected chi connectivity index (χ1v) is 9.13. The van der Waals surface area contributed by atoms with Crippen LogP contribution in [0.25, 0.3) is 11.1 Å². The first-order chi connectivity index (χ1) is 11.3. The van der Waals surface area contributed by atoms with Crippen LogP contribution in [0.4, 0.5) is 0 Å². The Labute approximate surface area is 156 Å². The molecule has 0 spiro atoms. The predicted molar refractivity (Wildman–Crippen MR) is 101 cm³/mol. The fraction of sp³-hybridized carbons (Fsp3) is 0.316. The molecule has 0 heterocycles. The maximum absolute atomic E-state index is 12.6. The van der Waals surface area contributed by atoms with Crippen LogP contribution in [0.5, 0.6) is 5.75 Å². The summed E-state index contributed by atoms with van der Waals surface area (Å²) in [7, 11) is 0. The molecule has 3 nitrogen and oxygen atoms in total. The van der Waals surface area contributed by atoms with Crippen LogP contribution in [-0.4, -0.2) is 23.5 Å². The number of benzene rings is 2. The molecule has 0 saturated heterocycles. The molecule has 0 radical (unpaired) electrons. The first kappa shape index (κ1) is 18.8. The van der Waals surface area contributed by atoms with Gasteiger partial charge in [-0.15, -0.1) is 0 Å². The lowest BCUT2D eigenvalue weighted by atomic mass is 10.0. The zero-order valence-corrected chi connectivity index (χ0v) is 16.3. The normalized spacial score (nSPS) is 11.2. The summed E-state index contributed by atoms with van der Waals surface area (Å²) in [4.78, 5) is 12.6. The molecule has 0 aliphatic heterocycles. The van der Waals surface area contributed by atoms with E-state index in [4.69, 9.17) is 21.1 Å². The average Bonchev–Trinajstić information content (AvgIpc) is 2.52. The van der Waals surface area contributed by atoms with Crippen molar-refractivity contribution in [2.45, 2.75) is 26.4 Å². The van der Waals surface area contributed by atoms with Crippen molar-refractivity contribution in [3.05, 3.63) is 53.1 Å². The summed E-state index contributed by atoms with van der Waals surface area (Å²) in [5.41, 5.74) is 1.43. The monoisotopic (exact) mass is 410 g/mol. The van der Waals surface area contributed by atoms with Gasteiger partial charge >= 0.3 is 5.97 Å². The van der Waals surface area contributed by atoms with Gasteiger partial charge in [0.15, 0.2) is 0 Å². The molecular formula is C19H20BrClO3. The molecule has 0 unspecified atom stereocenters. The van der Waals surface area contributed by atoms with E-state index in [1.807, 2.05) is 51.1 Å². The van der Waals surface area contributed by atoms with Crippen molar-refractivity contribution in [1.29, 1.82) is 0 Å². The average molecular weight is 412 g/mol. The fourth-order valence-electron chi connectivity index (χ4n) is 2.21. The Morgan fingerprint density at radius 1 is 1.17 bits per heavy atom. The summed E-state index contributed by atoms with van der Waals surface area (Å²) in [6.07, 6.45) is 0. The zero-order chi connectivity index (χ0) is 17.7. The van der Waals surface area contributed by atoms with Crippen LogP contribution < -0.4 is 4.74 Å². The second-order valence-electron chi connectivity index (χ2n) is 6.24. The summed E-state index contributed by atoms with van der Waals surface area (Å²) in [5, 5.41) is 1.11. The van der Waals surface area contributed by atoms with Crippen LogP contribution in [0.1, 0.15) is 31.1 Å². The number of esters is 1. The topological polar surface area (TPSA) is 35.5 Å². The van der Waals surface area contributed by atoms with Crippen molar-refractivity contribution in [2.75, 3.05) is 11.9 Å². The van der Waals surface area contributed by atoms with Gasteiger partial charge < -0.3 is 9.47 Å². The van der Waals surface area contributed by atoms with Crippen LogP contribution >= 0.6 is 27.5 Å². The van der Waals surface area contributed by atoms with Gasteiger partial charge in [-0.1, -0.05) is 57.9 Å². The highest BCUT2D eigenvalue weighted by molar-refractivity contribution is 9.09. The van der Waals surface area contributed by atoms with E-state index in [1.54, 1.807) is 12.1 Å². The Kier molecular flexibility index (Phi) is 6.30. The standard InChI is InChI=1S/C19H20BrClO3/c1-19(2,3)24-18(22)16-12-14(21)11-15(17(16)23-10-9-20)13-7-5-4-6-8-13/h4-8,11-12H,9-10H2,1-3H3. The summed E-state index contributed by atoms with van der Waals surface area (Å²) >= 11 is 9.59. The van der Waals surface area contributed by atoms with Gasteiger partial charge in [0, 0.05) is 15.9 Å². The molecule has 0 aliphatic rings. The molecule has 0 atom stereocenters. The van der Waals surface area contributed by atoms with Gasteiger partial charge in [0.1, 0.15) is 16.9 Å². The van der Waals surface area contributed by atoms with Gasteiger partial charge in [-0.05, 0) is 38.5 Å². The predicted octanol–water partition coefficient (Wildman–Crippen LogP) is 5.74. The molecular weight excluding hydrogens is 392 g/mol. The molecule has 128 valence electrons. The quantitative estimate of drug-likeness (QED) is 0.465. The molecule has 24 heavy (non-hydrogen) atoms. The number of halogens is 2. The molecule has 0 aromatic heterocycles. The van der Waals surface area contributed by atoms with Crippen molar-refractivity contribution >= 4 is 33.5 Å². The van der Waals surface area contributed by atoms with Gasteiger partial charge in [-0.25, -0.2) is 4.79 Å². The second kappa shape index (κ2) is 8.04.